The van der Waals surface area contributed by atoms with Crippen LogP contribution in [0.1, 0.15) is 10.4 Å². The van der Waals surface area contributed by atoms with Crippen molar-refractivity contribution >= 4 is 33.8 Å². The third kappa shape index (κ3) is 3.71. The van der Waals surface area contributed by atoms with E-state index in [1.807, 2.05) is 0 Å². The van der Waals surface area contributed by atoms with Crippen molar-refractivity contribution in [2.24, 2.45) is 10.1 Å². The van der Waals surface area contributed by atoms with Crippen molar-refractivity contribution in [2.45, 2.75) is 11.7 Å². The molecule has 0 radical (unpaired) electrons. The monoisotopic (exact) mass is 369 g/mol. The standard InChI is InChI=1S/C14H15N3O5S2/c15-11-6-7-17(24(19,20)16-11)12-9-23-13(22-12)8-21-14(18)10-4-2-1-3-5-10/h1-7,12-13H,8-9H2,(H2,15,16)/t12-,13+/m1/s1. The van der Waals surface area contributed by atoms with Crippen LogP contribution in [0.5, 0.6) is 0 Å². The van der Waals surface area contributed by atoms with Gasteiger partial charge in [-0.05, 0) is 18.2 Å². The average molecular weight is 369 g/mol. The van der Waals surface area contributed by atoms with Crippen molar-refractivity contribution in [1.29, 1.82) is 0 Å². The van der Waals surface area contributed by atoms with Gasteiger partial charge < -0.3 is 15.2 Å². The third-order valence-electron chi connectivity index (χ3n) is 3.26. The normalized spacial score (nSPS) is 25.3. The molecule has 10 heteroatoms. The molecule has 0 unspecified atom stereocenters. The van der Waals surface area contributed by atoms with Gasteiger partial charge in [0.1, 0.15) is 17.9 Å². The van der Waals surface area contributed by atoms with E-state index in [0.29, 0.717) is 11.3 Å². The van der Waals surface area contributed by atoms with Gasteiger partial charge >= 0.3 is 16.2 Å². The Morgan fingerprint density at radius 1 is 1.42 bits per heavy atom. The molecule has 0 aromatic heterocycles. The zero-order chi connectivity index (χ0) is 17.2. The Labute approximate surface area is 143 Å². The Morgan fingerprint density at radius 3 is 2.88 bits per heavy atom. The number of hydrogen-bond donors (Lipinski definition) is 1. The zero-order valence-electron chi connectivity index (χ0n) is 12.4. The summed E-state index contributed by atoms with van der Waals surface area (Å²) < 4.78 is 39.2. The summed E-state index contributed by atoms with van der Waals surface area (Å²) in [6, 6.07) is 8.60. The van der Waals surface area contributed by atoms with Gasteiger partial charge in [0.25, 0.3) is 0 Å². The molecule has 2 aliphatic rings. The average Bonchev–Trinajstić information content (AvgIpc) is 3.01. The topological polar surface area (TPSA) is 111 Å². The highest BCUT2D eigenvalue weighted by Gasteiger charge is 2.36. The van der Waals surface area contributed by atoms with Crippen LogP contribution in [0.15, 0.2) is 47.0 Å². The highest BCUT2D eigenvalue weighted by Crippen LogP contribution is 2.30. The number of amidine groups is 1. The van der Waals surface area contributed by atoms with Crippen LogP contribution in [0.2, 0.25) is 0 Å². The first-order valence-electron chi connectivity index (χ1n) is 7.02. The Bertz CT molecular complexity index is 779. The molecule has 0 bridgehead atoms. The quantitative estimate of drug-likeness (QED) is 0.777. The lowest BCUT2D eigenvalue weighted by molar-refractivity contribution is -0.0183. The molecule has 1 aromatic carbocycles. The predicted octanol–water partition coefficient (Wildman–Crippen LogP) is 0.690. The fourth-order valence-electron chi connectivity index (χ4n) is 2.15. The molecule has 3 rings (SSSR count). The minimum atomic E-state index is -3.89. The van der Waals surface area contributed by atoms with Gasteiger partial charge in [-0.1, -0.05) is 18.2 Å². The zero-order valence-corrected chi connectivity index (χ0v) is 14.1. The van der Waals surface area contributed by atoms with E-state index in [1.54, 1.807) is 30.3 Å². The van der Waals surface area contributed by atoms with E-state index in [9.17, 15) is 13.2 Å². The van der Waals surface area contributed by atoms with Crippen molar-refractivity contribution in [3.63, 3.8) is 0 Å². The minimum absolute atomic E-state index is 0.0257. The van der Waals surface area contributed by atoms with Crippen LogP contribution in [0.25, 0.3) is 0 Å². The molecule has 1 saturated heterocycles. The lowest BCUT2D eigenvalue weighted by atomic mass is 10.2. The van der Waals surface area contributed by atoms with Crippen LogP contribution >= 0.6 is 11.8 Å². The lowest BCUT2D eigenvalue weighted by Crippen LogP contribution is -2.40. The fraction of sp³-hybridized carbons (Fsp3) is 0.286. The summed E-state index contributed by atoms with van der Waals surface area (Å²) in [6.45, 7) is 0.0257. The minimum Gasteiger partial charge on any atom is -0.458 e. The van der Waals surface area contributed by atoms with Crippen LogP contribution < -0.4 is 5.73 Å². The van der Waals surface area contributed by atoms with E-state index in [4.69, 9.17) is 15.2 Å². The van der Waals surface area contributed by atoms with Gasteiger partial charge in [0, 0.05) is 12.0 Å². The molecular weight excluding hydrogens is 354 g/mol. The number of thioether (sulfide) groups is 1. The molecule has 2 heterocycles. The number of ether oxygens (including phenoxy) is 2. The highest BCUT2D eigenvalue weighted by atomic mass is 32.2. The number of hydrogen-bond acceptors (Lipinski definition) is 7. The summed E-state index contributed by atoms with van der Waals surface area (Å²) in [5.74, 6) is -0.136. The van der Waals surface area contributed by atoms with Crippen molar-refractivity contribution in [1.82, 2.24) is 4.31 Å². The van der Waals surface area contributed by atoms with Crippen molar-refractivity contribution in [3.8, 4) is 0 Å². The molecule has 0 saturated carbocycles. The third-order valence-corrected chi connectivity index (χ3v) is 5.68. The van der Waals surface area contributed by atoms with Gasteiger partial charge in [-0.3, -0.25) is 0 Å². The molecule has 0 aliphatic carbocycles. The van der Waals surface area contributed by atoms with Crippen LogP contribution in [0.4, 0.5) is 0 Å². The maximum Gasteiger partial charge on any atom is 0.348 e. The molecule has 0 amide bonds. The SMILES string of the molecule is NC1=NS(=O)(=O)N([C@H]2CS[C@@H](COC(=O)c3ccccc3)O2)C=C1. The molecule has 1 fully saturated rings. The first kappa shape index (κ1) is 16.8. The summed E-state index contributed by atoms with van der Waals surface area (Å²) in [5.41, 5.74) is 5.39. The van der Waals surface area contributed by atoms with Gasteiger partial charge in [-0.15, -0.1) is 16.2 Å². The summed E-state index contributed by atoms with van der Waals surface area (Å²) >= 11 is 1.36. The molecule has 0 spiro atoms. The van der Waals surface area contributed by atoms with Crippen molar-refractivity contribution in [2.75, 3.05) is 12.4 Å². The Balaban J connectivity index is 1.55. The van der Waals surface area contributed by atoms with Crippen LogP contribution in [-0.4, -0.2) is 48.6 Å². The Kier molecular flexibility index (Phi) is 4.78. The smallest absolute Gasteiger partial charge is 0.348 e. The number of nitrogens with zero attached hydrogens (tertiary/aromatic N) is 2. The van der Waals surface area contributed by atoms with E-state index in [0.717, 1.165) is 4.31 Å². The van der Waals surface area contributed by atoms with Gasteiger partial charge in [0.15, 0.2) is 6.23 Å². The molecule has 8 nitrogen and oxygen atoms in total. The van der Waals surface area contributed by atoms with Crippen molar-refractivity contribution in [3.05, 3.63) is 48.2 Å². The summed E-state index contributed by atoms with van der Waals surface area (Å²) in [6.07, 6.45) is 1.99. The number of nitrogens with two attached hydrogens (primary N) is 1. The van der Waals surface area contributed by atoms with E-state index in [2.05, 4.69) is 4.40 Å². The molecule has 2 atom stereocenters. The van der Waals surface area contributed by atoms with E-state index >= 15 is 0 Å². The Hall–Kier alpha value is -2.04. The van der Waals surface area contributed by atoms with Gasteiger partial charge in [0.2, 0.25) is 0 Å². The number of carbonyl (C=O) groups is 1. The summed E-state index contributed by atoms with van der Waals surface area (Å²) in [7, 11) is -3.89. The molecule has 128 valence electrons. The lowest BCUT2D eigenvalue weighted by Gasteiger charge is -2.25. The number of rotatable bonds is 4. The van der Waals surface area contributed by atoms with Gasteiger partial charge in [-0.2, -0.15) is 8.42 Å². The van der Waals surface area contributed by atoms with E-state index < -0.39 is 27.8 Å². The van der Waals surface area contributed by atoms with Crippen LogP contribution in [-0.2, 0) is 19.7 Å². The van der Waals surface area contributed by atoms with Gasteiger partial charge in [0.05, 0.1) is 5.56 Å². The summed E-state index contributed by atoms with van der Waals surface area (Å²) in [5, 5.41) is 0. The maximum absolute atomic E-state index is 12.0. The second-order valence-corrected chi connectivity index (χ2v) is 7.65. The second-order valence-electron chi connectivity index (χ2n) is 4.96. The van der Waals surface area contributed by atoms with Crippen LogP contribution in [0.3, 0.4) is 0 Å². The number of benzene rings is 1. The second kappa shape index (κ2) is 6.83. The molecule has 24 heavy (non-hydrogen) atoms. The maximum atomic E-state index is 12.0. The molecule has 2 aliphatic heterocycles. The van der Waals surface area contributed by atoms with E-state index in [-0.39, 0.29) is 12.4 Å². The predicted molar refractivity (Wildman–Crippen MR) is 89.4 cm³/mol. The first-order chi connectivity index (χ1) is 11.5. The van der Waals surface area contributed by atoms with Gasteiger partial charge in [-0.25, -0.2) is 9.10 Å². The van der Waals surface area contributed by atoms with E-state index in [1.165, 1.54) is 24.0 Å². The van der Waals surface area contributed by atoms with Crippen LogP contribution in [0, 0.1) is 0 Å². The first-order valence-corrected chi connectivity index (χ1v) is 9.46. The molecule has 1 aromatic rings. The highest BCUT2D eigenvalue weighted by molar-refractivity contribution is 8.00. The summed E-state index contributed by atoms with van der Waals surface area (Å²) in [4.78, 5) is 11.9. The molecular formula is C14H15N3O5S2. The molecule has 2 N–H and O–H groups in total. The largest absolute Gasteiger partial charge is 0.458 e. The number of esters is 1. The number of carbonyl (C=O) groups excluding carboxylic acids is 1. The Morgan fingerprint density at radius 2 is 2.17 bits per heavy atom. The van der Waals surface area contributed by atoms with Crippen molar-refractivity contribution < 1.29 is 22.7 Å². The fourth-order valence-corrected chi connectivity index (χ4v) is 4.29.